The zero-order valence-corrected chi connectivity index (χ0v) is 10.7. The standard InChI is InChI=1S/C12H16ClNO2/c1-12(2,3)9-7-8(5-6-10(9)13)16-11(15)14-4/h5-7H,1-4H3,(H,14,15). The second-order valence-corrected chi connectivity index (χ2v) is 4.94. The van der Waals surface area contributed by atoms with Gasteiger partial charge in [-0.3, -0.25) is 0 Å². The van der Waals surface area contributed by atoms with Crippen molar-refractivity contribution in [1.29, 1.82) is 0 Å². The van der Waals surface area contributed by atoms with E-state index in [-0.39, 0.29) is 5.41 Å². The summed E-state index contributed by atoms with van der Waals surface area (Å²) in [6.45, 7) is 6.16. The van der Waals surface area contributed by atoms with Crippen LogP contribution in [0, 0.1) is 0 Å². The maximum absolute atomic E-state index is 11.1. The van der Waals surface area contributed by atoms with E-state index in [1.807, 2.05) is 0 Å². The van der Waals surface area contributed by atoms with E-state index in [2.05, 4.69) is 26.1 Å². The number of hydrogen-bond acceptors (Lipinski definition) is 2. The third-order valence-corrected chi connectivity index (χ3v) is 2.49. The molecule has 4 heteroatoms. The maximum Gasteiger partial charge on any atom is 0.412 e. The van der Waals surface area contributed by atoms with Crippen molar-refractivity contribution >= 4 is 17.7 Å². The van der Waals surface area contributed by atoms with Gasteiger partial charge >= 0.3 is 6.09 Å². The highest BCUT2D eigenvalue weighted by Gasteiger charge is 2.18. The zero-order chi connectivity index (χ0) is 12.3. The molecule has 1 amide bonds. The molecule has 0 unspecified atom stereocenters. The van der Waals surface area contributed by atoms with Gasteiger partial charge in [0.25, 0.3) is 0 Å². The van der Waals surface area contributed by atoms with Gasteiger partial charge in [-0.15, -0.1) is 0 Å². The highest BCUT2D eigenvalue weighted by atomic mass is 35.5. The van der Waals surface area contributed by atoms with Crippen LogP contribution in [0.5, 0.6) is 5.75 Å². The summed E-state index contributed by atoms with van der Waals surface area (Å²) in [6, 6.07) is 5.20. The molecule has 0 saturated heterocycles. The lowest BCUT2D eigenvalue weighted by Gasteiger charge is -2.21. The van der Waals surface area contributed by atoms with Gasteiger partial charge in [-0.05, 0) is 29.2 Å². The Morgan fingerprint density at radius 1 is 1.38 bits per heavy atom. The normalized spacial score (nSPS) is 11.1. The summed E-state index contributed by atoms with van der Waals surface area (Å²) in [4.78, 5) is 11.1. The Morgan fingerprint density at radius 3 is 2.50 bits per heavy atom. The lowest BCUT2D eigenvalue weighted by molar-refractivity contribution is 0.203. The number of benzene rings is 1. The Morgan fingerprint density at radius 2 is 2.00 bits per heavy atom. The fourth-order valence-corrected chi connectivity index (χ4v) is 1.70. The van der Waals surface area contributed by atoms with E-state index in [0.29, 0.717) is 10.8 Å². The molecule has 0 aliphatic rings. The molecule has 1 aromatic carbocycles. The summed E-state index contributed by atoms with van der Waals surface area (Å²) in [5, 5.41) is 3.07. The van der Waals surface area contributed by atoms with Crippen molar-refractivity contribution in [3.8, 4) is 5.75 Å². The van der Waals surface area contributed by atoms with E-state index >= 15 is 0 Å². The van der Waals surface area contributed by atoms with Crippen molar-refractivity contribution in [2.75, 3.05) is 7.05 Å². The lowest BCUT2D eigenvalue weighted by Crippen LogP contribution is -2.22. The fraction of sp³-hybridized carbons (Fsp3) is 0.417. The summed E-state index contributed by atoms with van der Waals surface area (Å²) < 4.78 is 5.05. The summed E-state index contributed by atoms with van der Waals surface area (Å²) in [5.41, 5.74) is 0.870. The first-order chi connectivity index (χ1) is 7.34. The topological polar surface area (TPSA) is 38.3 Å². The zero-order valence-electron chi connectivity index (χ0n) is 9.93. The number of rotatable bonds is 1. The molecule has 0 aliphatic carbocycles. The van der Waals surface area contributed by atoms with Gasteiger partial charge in [-0.25, -0.2) is 4.79 Å². The average Bonchev–Trinajstić information content (AvgIpc) is 2.19. The van der Waals surface area contributed by atoms with E-state index < -0.39 is 6.09 Å². The minimum Gasteiger partial charge on any atom is -0.410 e. The monoisotopic (exact) mass is 241 g/mol. The van der Waals surface area contributed by atoms with Crippen LogP contribution in [-0.2, 0) is 5.41 Å². The van der Waals surface area contributed by atoms with Gasteiger partial charge in [0.15, 0.2) is 0 Å². The molecule has 0 fully saturated rings. The van der Waals surface area contributed by atoms with E-state index in [4.69, 9.17) is 16.3 Å². The summed E-state index contributed by atoms with van der Waals surface area (Å²) in [5.74, 6) is 0.494. The second kappa shape index (κ2) is 4.74. The minimum absolute atomic E-state index is 0.0842. The third kappa shape index (κ3) is 3.14. The van der Waals surface area contributed by atoms with Crippen LogP contribution in [0.1, 0.15) is 26.3 Å². The van der Waals surface area contributed by atoms with E-state index in [1.165, 1.54) is 7.05 Å². The van der Waals surface area contributed by atoms with Crippen molar-refractivity contribution in [3.63, 3.8) is 0 Å². The Bertz CT molecular complexity index is 396. The molecule has 0 spiro atoms. The number of hydrogen-bond donors (Lipinski definition) is 1. The van der Waals surface area contributed by atoms with Gasteiger partial charge < -0.3 is 10.1 Å². The molecular formula is C12H16ClNO2. The molecule has 1 N–H and O–H groups in total. The molecule has 0 heterocycles. The predicted octanol–water partition coefficient (Wildman–Crippen LogP) is 3.36. The Hall–Kier alpha value is -1.22. The van der Waals surface area contributed by atoms with E-state index in [9.17, 15) is 4.79 Å². The summed E-state index contributed by atoms with van der Waals surface area (Å²) in [7, 11) is 1.52. The smallest absolute Gasteiger partial charge is 0.410 e. The second-order valence-electron chi connectivity index (χ2n) is 4.53. The van der Waals surface area contributed by atoms with Crippen LogP contribution in [0.3, 0.4) is 0 Å². The van der Waals surface area contributed by atoms with Crippen LogP contribution < -0.4 is 10.1 Å². The molecule has 0 saturated carbocycles. The molecule has 0 bridgehead atoms. The predicted molar refractivity (Wildman–Crippen MR) is 65.2 cm³/mol. The molecule has 0 radical (unpaired) electrons. The molecule has 3 nitrogen and oxygen atoms in total. The van der Waals surface area contributed by atoms with Crippen LogP contribution >= 0.6 is 11.6 Å². The Balaban J connectivity index is 3.03. The number of amides is 1. The molecular weight excluding hydrogens is 226 g/mol. The van der Waals surface area contributed by atoms with Gasteiger partial charge in [0.1, 0.15) is 5.75 Å². The van der Waals surface area contributed by atoms with Gasteiger partial charge in [0, 0.05) is 12.1 Å². The van der Waals surface area contributed by atoms with Gasteiger partial charge in [0.05, 0.1) is 0 Å². The van der Waals surface area contributed by atoms with Crippen LogP contribution in [-0.4, -0.2) is 13.1 Å². The molecule has 88 valence electrons. The third-order valence-electron chi connectivity index (χ3n) is 2.16. The fourth-order valence-electron chi connectivity index (χ4n) is 1.30. The summed E-state index contributed by atoms with van der Waals surface area (Å²) >= 11 is 6.10. The quantitative estimate of drug-likeness (QED) is 0.819. The maximum atomic E-state index is 11.1. The highest BCUT2D eigenvalue weighted by Crippen LogP contribution is 2.32. The minimum atomic E-state index is -0.484. The van der Waals surface area contributed by atoms with Crippen LogP contribution in [0.2, 0.25) is 5.02 Å². The molecule has 16 heavy (non-hydrogen) atoms. The SMILES string of the molecule is CNC(=O)Oc1ccc(Cl)c(C(C)(C)C)c1. The van der Waals surface area contributed by atoms with Gasteiger partial charge in [-0.2, -0.15) is 0 Å². The van der Waals surface area contributed by atoms with Crippen LogP contribution in [0.25, 0.3) is 0 Å². The van der Waals surface area contributed by atoms with Crippen molar-refractivity contribution in [3.05, 3.63) is 28.8 Å². The first-order valence-electron chi connectivity index (χ1n) is 5.04. The largest absolute Gasteiger partial charge is 0.412 e. The van der Waals surface area contributed by atoms with Crippen molar-refractivity contribution in [2.45, 2.75) is 26.2 Å². The highest BCUT2D eigenvalue weighted by molar-refractivity contribution is 6.31. The number of nitrogens with one attached hydrogen (secondary N) is 1. The van der Waals surface area contributed by atoms with E-state index in [0.717, 1.165) is 5.56 Å². The molecule has 0 aliphatic heterocycles. The van der Waals surface area contributed by atoms with Crippen LogP contribution in [0.15, 0.2) is 18.2 Å². The summed E-state index contributed by atoms with van der Waals surface area (Å²) in [6.07, 6.45) is -0.484. The number of halogens is 1. The number of carbonyl (C=O) groups excluding carboxylic acids is 1. The van der Waals surface area contributed by atoms with E-state index in [1.54, 1.807) is 18.2 Å². The first-order valence-corrected chi connectivity index (χ1v) is 5.42. The van der Waals surface area contributed by atoms with Gasteiger partial charge in [0.2, 0.25) is 0 Å². The molecule has 1 rings (SSSR count). The number of ether oxygens (including phenoxy) is 1. The van der Waals surface area contributed by atoms with Crippen molar-refractivity contribution in [2.24, 2.45) is 0 Å². The lowest BCUT2D eigenvalue weighted by atomic mass is 9.87. The average molecular weight is 242 g/mol. The van der Waals surface area contributed by atoms with Crippen molar-refractivity contribution < 1.29 is 9.53 Å². The first kappa shape index (κ1) is 12.8. The van der Waals surface area contributed by atoms with Crippen molar-refractivity contribution in [1.82, 2.24) is 5.32 Å². The molecule has 0 aromatic heterocycles. The molecule has 1 aromatic rings. The number of carbonyl (C=O) groups is 1. The van der Waals surface area contributed by atoms with Crippen LogP contribution in [0.4, 0.5) is 4.79 Å². The Labute approximate surface area is 101 Å². The van der Waals surface area contributed by atoms with Gasteiger partial charge in [-0.1, -0.05) is 32.4 Å². The Kier molecular flexibility index (Phi) is 3.81. The molecule has 0 atom stereocenters.